The fraction of sp³-hybridized carbons (Fsp3) is 0.262. The van der Waals surface area contributed by atoms with Gasteiger partial charge in [0.05, 0.1) is 12.2 Å². The van der Waals surface area contributed by atoms with Crippen LogP contribution in [0.4, 0.5) is 24.5 Å². The summed E-state index contributed by atoms with van der Waals surface area (Å²) in [6.07, 6.45) is -3.69. The summed E-state index contributed by atoms with van der Waals surface area (Å²) in [7, 11) is 0. The summed E-state index contributed by atoms with van der Waals surface area (Å²) < 4.78 is 50.2. The highest BCUT2D eigenvalue weighted by atomic mass is 32.2. The van der Waals surface area contributed by atoms with E-state index in [4.69, 9.17) is 4.74 Å². The second-order valence-corrected chi connectivity index (χ2v) is 14.7. The number of thioether (sulfide) groups is 1. The van der Waals surface area contributed by atoms with Crippen LogP contribution in [0.5, 0.6) is 5.75 Å². The summed E-state index contributed by atoms with van der Waals surface area (Å²) in [6.45, 7) is 7.43. The van der Waals surface area contributed by atoms with Crippen LogP contribution >= 0.6 is 23.7 Å². The van der Waals surface area contributed by atoms with Gasteiger partial charge >= 0.3 is 6.18 Å². The molecule has 1 saturated heterocycles. The van der Waals surface area contributed by atoms with Gasteiger partial charge in [-0.05, 0) is 109 Å². The predicted octanol–water partition coefficient (Wildman–Crippen LogP) is 9.66. The molecule has 0 spiro atoms. The van der Waals surface area contributed by atoms with Gasteiger partial charge in [0.2, 0.25) is 0 Å². The lowest BCUT2D eigenvalue weighted by molar-refractivity contribution is -0.137. The normalized spacial score (nSPS) is 13.5. The highest BCUT2D eigenvalue weighted by Gasteiger charge is 2.34. The zero-order chi connectivity index (χ0) is 37.0. The van der Waals surface area contributed by atoms with E-state index in [0.717, 1.165) is 73.5 Å². The molecule has 6 rings (SSSR count). The van der Waals surface area contributed by atoms with Crippen LogP contribution in [0.25, 0.3) is 0 Å². The maximum absolute atomic E-state index is 13.9. The number of anilines is 2. The summed E-state index contributed by atoms with van der Waals surface area (Å²) in [5, 5.41) is 2.92. The lowest BCUT2D eigenvalue weighted by Gasteiger charge is -2.36. The van der Waals surface area contributed by atoms with Gasteiger partial charge in [-0.1, -0.05) is 54.6 Å². The van der Waals surface area contributed by atoms with Crippen LogP contribution < -0.4 is 19.7 Å². The fourth-order valence-electron chi connectivity index (χ4n) is 6.26. The van der Waals surface area contributed by atoms with E-state index < -0.39 is 11.7 Å². The van der Waals surface area contributed by atoms with E-state index in [9.17, 15) is 18.0 Å². The van der Waals surface area contributed by atoms with E-state index in [1.54, 1.807) is 30.0 Å². The summed E-state index contributed by atoms with van der Waals surface area (Å²) in [5.41, 5.74) is 4.59. The van der Waals surface area contributed by atoms with Crippen LogP contribution in [0, 0.1) is 0 Å². The molecule has 0 aromatic heterocycles. The van der Waals surface area contributed by atoms with Gasteiger partial charge in [0.25, 0.3) is 5.91 Å². The Morgan fingerprint density at radius 3 is 2.26 bits per heavy atom. The standard InChI is InChI=1S/C42H43F3N4O2S2/c1-2-51-36-12-8-9-31(28-36)27-33-10-6-7-11-34(33)30-48-22-24-49(25-23-48)35-17-15-32(16-18-35)41(50)47-53-38-19-20-40(39(29-38)42(43,44)45)46-21-26-52-37-13-4-3-5-14-37/h3-20,28-29,46H,2,21-27,30H2,1H3,(H,47,50). The van der Waals surface area contributed by atoms with Gasteiger partial charge < -0.3 is 15.0 Å². The molecule has 1 amide bonds. The Kier molecular flexibility index (Phi) is 13.3. The quantitative estimate of drug-likeness (QED) is 0.0627. The monoisotopic (exact) mass is 756 g/mol. The van der Waals surface area contributed by atoms with Gasteiger partial charge in [0.1, 0.15) is 5.75 Å². The average molecular weight is 757 g/mol. The molecule has 5 aromatic carbocycles. The third kappa shape index (κ3) is 11.0. The zero-order valence-corrected chi connectivity index (χ0v) is 31.2. The number of nitrogens with zero attached hydrogens (tertiary/aromatic N) is 2. The molecule has 53 heavy (non-hydrogen) atoms. The third-order valence-corrected chi connectivity index (χ3v) is 10.8. The number of piperazine rings is 1. The first-order chi connectivity index (χ1) is 25.7. The Balaban J connectivity index is 0.977. The number of hydrogen-bond donors (Lipinski definition) is 2. The number of carbonyl (C=O) groups is 1. The van der Waals surface area contributed by atoms with Crippen molar-refractivity contribution in [3.05, 3.63) is 149 Å². The van der Waals surface area contributed by atoms with E-state index in [1.165, 1.54) is 22.8 Å². The van der Waals surface area contributed by atoms with Gasteiger partial charge in [-0.2, -0.15) is 13.2 Å². The van der Waals surface area contributed by atoms with Crippen LogP contribution in [0.15, 0.2) is 131 Å². The average Bonchev–Trinajstić information content (AvgIpc) is 3.17. The van der Waals surface area contributed by atoms with Crippen LogP contribution in [-0.2, 0) is 19.1 Å². The van der Waals surface area contributed by atoms with Crippen molar-refractivity contribution in [2.75, 3.05) is 55.3 Å². The number of nitrogens with one attached hydrogen (secondary N) is 2. The van der Waals surface area contributed by atoms with E-state index in [2.05, 4.69) is 56.2 Å². The number of hydrogen-bond acceptors (Lipinski definition) is 7. The number of alkyl halides is 3. The molecular formula is C42H43F3N4O2S2. The Bertz CT molecular complexity index is 1940. The summed E-state index contributed by atoms with van der Waals surface area (Å²) in [6, 6.07) is 38.1. The van der Waals surface area contributed by atoms with Gasteiger partial charge in [-0.3, -0.25) is 14.4 Å². The first-order valence-corrected chi connectivity index (χ1v) is 19.5. The van der Waals surface area contributed by atoms with Crippen LogP contribution in [0.1, 0.15) is 39.5 Å². The summed E-state index contributed by atoms with van der Waals surface area (Å²) in [5.74, 6) is 1.14. The van der Waals surface area contributed by atoms with Gasteiger partial charge in [-0.25, -0.2) is 0 Å². The highest BCUT2D eigenvalue weighted by molar-refractivity contribution is 7.99. The Hall–Kier alpha value is -4.58. The molecule has 2 N–H and O–H groups in total. The molecule has 0 saturated carbocycles. The number of benzene rings is 5. The van der Waals surface area contributed by atoms with E-state index in [1.807, 2.05) is 61.5 Å². The number of amides is 1. The largest absolute Gasteiger partial charge is 0.494 e. The van der Waals surface area contributed by atoms with Gasteiger partial charge in [0, 0.05) is 71.8 Å². The van der Waals surface area contributed by atoms with Crippen molar-refractivity contribution in [3.8, 4) is 5.75 Å². The minimum absolute atomic E-state index is 0.0165. The van der Waals surface area contributed by atoms with Crippen LogP contribution in [0.2, 0.25) is 0 Å². The van der Waals surface area contributed by atoms with Crippen LogP contribution in [-0.4, -0.2) is 55.9 Å². The molecule has 1 heterocycles. The van der Waals surface area contributed by atoms with Crippen molar-refractivity contribution < 1.29 is 22.7 Å². The van der Waals surface area contributed by atoms with Gasteiger partial charge in [0.15, 0.2) is 0 Å². The number of halogens is 3. The van der Waals surface area contributed by atoms with Crippen molar-refractivity contribution in [1.29, 1.82) is 0 Å². The van der Waals surface area contributed by atoms with E-state index in [-0.39, 0.29) is 11.6 Å². The highest BCUT2D eigenvalue weighted by Crippen LogP contribution is 2.37. The van der Waals surface area contributed by atoms with E-state index in [0.29, 0.717) is 29.4 Å². The lowest BCUT2D eigenvalue weighted by atomic mass is 9.99. The first kappa shape index (κ1) is 38.2. The second kappa shape index (κ2) is 18.4. The van der Waals surface area contributed by atoms with Crippen molar-refractivity contribution >= 4 is 41.0 Å². The SMILES string of the molecule is CCOc1cccc(Cc2ccccc2CN2CCN(c3ccc(C(=O)NSc4ccc(NCCSc5ccccc5)c(C(F)(F)F)c4)cc3)CC2)c1. The number of rotatable bonds is 15. The minimum atomic E-state index is -4.54. The van der Waals surface area contributed by atoms with E-state index >= 15 is 0 Å². The summed E-state index contributed by atoms with van der Waals surface area (Å²) in [4.78, 5) is 19.1. The maximum Gasteiger partial charge on any atom is 0.418 e. The molecule has 276 valence electrons. The van der Waals surface area contributed by atoms with Gasteiger partial charge in [-0.15, -0.1) is 11.8 Å². The van der Waals surface area contributed by atoms with Crippen molar-refractivity contribution in [3.63, 3.8) is 0 Å². The molecule has 0 bridgehead atoms. The Morgan fingerprint density at radius 1 is 0.792 bits per heavy atom. The Morgan fingerprint density at radius 2 is 1.53 bits per heavy atom. The molecule has 1 aliphatic rings. The Labute approximate surface area is 318 Å². The topological polar surface area (TPSA) is 56.8 Å². The smallest absolute Gasteiger partial charge is 0.418 e. The lowest BCUT2D eigenvalue weighted by Crippen LogP contribution is -2.46. The third-order valence-electron chi connectivity index (χ3n) is 8.97. The minimum Gasteiger partial charge on any atom is -0.494 e. The molecule has 1 aliphatic heterocycles. The molecule has 11 heteroatoms. The second-order valence-electron chi connectivity index (χ2n) is 12.7. The zero-order valence-electron chi connectivity index (χ0n) is 29.6. The predicted molar refractivity (Wildman–Crippen MR) is 211 cm³/mol. The fourth-order valence-corrected chi connectivity index (χ4v) is 7.69. The molecule has 1 fully saturated rings. The molecule has 0 radical (unpaired) electrons. The van der Waals surface area contributed by atoms with Crippen LogP contribution in [0.3, 0.4) is 0 Å². The summed E-state index contributed by atoms with van der Waals surface area (Å²) >= 11 is 2.44. The van der Waals surface area contributed by atoms with Crippen molar-refractivity contribution in [2.45, 2.75) is 35.9 Å². The maximum atomic E-state index is 13.9. The molecule has 6 nitrogen and oxygen atoms in total. The first-order valence-electron chi connectivity index (χ1n) is 17.7. The molecule has 5 aromatic rings. The molecule has 0 unspecified atom stereocenters. The molecule has 0 aliphatic carbocycles. The number of carbonyl (C=O) groups excluding carboxylic acids is 1. The number of ether oxygens (including phenoxy) is 1. The molecule has 0 atom stereocenters. The van der Waals surface area contributed by atoms with Crippen molar-refractivity contribution in [1.82, 2.24) is 9.62 Å². The van der Waals surface area contributed by atoms with Crippen molar-refractivity contribution in [2.24, 2.45) is 0 Å². The molecular weight excluding hydrogens is 714 g/mol.